The number of halogens is 2. The van der Waals surface area contributed by atoms with Crippen molar-refractivity contribution in [2.24, 2.45) is 11.5 Å². The number of fused-ring (bicyclic) bond motifs is 1. The zero-order valence-electron chi connectivity index (χ0n) is 24.1. The maximum absolute atomic E-state index is 13.4. The Kier molecular flexibility index (Phi) is 11.0. The Morgan fingerprint density at radius 2 is 1.74 bits per heavy atom. The molecule has 17 nitrogen and oxygen atoms in total. The maximum atomic E-state index is 13.4. The normalized spacial score (nSPS) is 11.0. The number of hydrogen-bond donors (Lipinski definition) is 6. The van der Waals surface area contributed by atoms with Gasteiger partial charge in [-0.05, 0) is 35.4 Å². The molecule has 244 valence electrons. The number of aromatic nitrogens is 4. The molecule has 0 aliphatic carbocycles. The molecule has 0 saturated heterocycles. The first-order valence-electron chi connectivity index (χ1n) is 12.9. The Morgan fingerprint density at radius 3 is 2.32 bits per heavy atom. The highest BCUT2D eigenvalue weighted by molar-refractivity contribution is 5.98. The highest BCUT2D eigenvalue weighted by atomic mass is 35.5. The number of primary amides is 1. The van der Waals surface area contributed by atoms with Crippen LogP contribution < -0.4 is 38.7 Å². The third kappa shape index (κ3) is 7.52. The van der Waals surface area contributed by atoms with Gasteiger partial charge in [-0.1, -0.05) is 23.4 Å². The van der Waals surface area contributed by atoms with Gasteiger partial charge in [0.05, 0.1) is 24.6 Å². The van der Waals surface area contributed by atoms with Gasteiger partial charge in [0.2, 0.25) is 5.91 Å². The molecule has 47 heavy (non-hydrogen) atoms. The van der Waals surface area contributed by atoms with Crippen LogP contribution in [0, 0.1) is 5.82 Å². The largest absolute Gasteiger partial charge is 0.477 e. The van der Waals surface area contributed by atoms with Crippen molar-refractivity contribution in [1.29, 1.82) is 0 Å². The molecule has 0 radical (unpaired) electrons. The second kappa shape index (κ2) is 14.7. The molecule has 0 spiro atoms. The first-order valence-corrected chi connectivity index (χ1v) is 12.9. The number of aromatic carboxylic acids is 1. The molecule has 0 unspecified atom stereocenters. The molecule has 0 saturated carbocycles. The van der Waals surface area contributed by atoms with Gasteiger partial charge in [0.15, 0.2) is 11.3 Å². The van der Waals surface area contributed by atoms with E-state index in [1.165, 1.54) is 55.8 Å². The van der Waals surface area contributed by atoms with Crippen LogP contribution in [0.3, 0.4) is 0 Å². The minimum Gasteiger partial charge on any atom is -0.477 e. The lowest BCUT2D eigenvalue weighted by Crippen LogP contribution is -2.38. The summed E-state index contributed by atoms with van der Waals surface area (Å²) in [5, 5.41) is 21.3. The first kappa shape index (κ1) is 35.2. The number of anilines is 3. The van der Waals surface area contributed by atoms with E-state index in [0.29, 0.717) is 11.1 Å². The predicted octanol–water partition coefficient (Wildman–Crippen LogP) is 0.194. The number of nitrogens with one attached hydrogen (secondary N) is 2. The molecule has 5 rings (SSSR count). The highest BCUT2D eigenvalue weighted by Crippen LogP contribution is 2.22. The minimum absolute atomic E-state index is 0. The van der Waals surface area contributed by atoms with Crippen molar-refractivity contribution in [3.8, 4) is 0 Å². The molecule has 9 N–H and O–H groups in total. The average Bonchev–Trinajstić information content (AvgIpc) is 3.54. The summed E-state index contributed by atoms with van der Waals surface area (Å²) >= 11 is 0. The van der Waals surface area contributed by atoms with Crippen molar-refractivity contribution in [2.45, 2.75) is 12.6 Å². The number of esters is 1. The van der Waals surface area contributed by atoms with E-state index in [9.17, 15) is 38.3 Å². The molecule has 19 heteroatoms. The molecule has 2 heterocycles. The van der Waals surface area contributed by atoms with Gasteiger partial charge in [0, 0.05) is 12.6 Å². The van der Waals surface area contributed by atoms with E-state index >= 15 is 0 Å². The van der Waals surface area contributed by atoms with Gasteiger partial charge in [-0.15, -0.1) is 17.5 Å². The number of hydrogen-bond acceptors (Lipinski definition) is 13. The van der Waals surface area contributed by atoms with E-state index in [2.05, 4.69) is 30.7 Å². The van der Waals surface area contributed by atoms with Crippen LogP contribution in [0.25, 0.3) is 5.65 Å². The fourth-order valence-electron chi connectivity index (χ4n) is 4.01. The molecule has 0 aliphatic heterocycles. The SMILES string of the molecule is COC(=O)c1ccc([C@@H](NC(=O)c2cc(C(=O)O)n3nncc3n2)C(N)=O)cc1.Cl.NCc1ccc(F)c(Nc2c(N)c(=O)c2=O)c1. The Bertz CT molecular complexity index is 2060. The summed E-state index contributed by atoms with van der Waals surface area (Å²) in [5.74, 6) is -4.16. The Labute approximate surface area is 268 Å². The number of carbonyl (C=O) groups is 4. The van der Waals surface area contributed by atoms with Crippen LogP contribution >= 0.6 is 12.4 Å². The van der Waals surface area contributed by atoms with Crippen molar-refractivity contribution in [1.82, 2.24) is 25.1 Å². The van der Waals surface area contributed by atoms with Gasteiger partial charge >= 0.3 is 11.9 Å². The number of nitrogens with zero attached hydrogens (tertiary/aromatic N) is 4. The number of carboxylic acid groups (broad SMARTS) is 1. The maximum Gasteiger partial charge on any atom is 0.354 e. The monoisotopic (exact) mass is 669 g/mol. The van der Waals surface area contributed by atoms with Crippen molar-refractivity contribution >= 4 is 58.9 Å². The Hall–Kier alpha value is -6.27. The Morgan fingerprint density at radius 1 is 1.06 bits per heavy atom. The number of nitrogen functional groups attached to an aromatic ring is 1. The van der Waals surface area contributed by atoms with Crippen molar-refractivity contribution in [3.63, 3.8) is 0 Å². The van der Waals surface area contributed by atoms with Crippen molar-refractivity contribution in [2.75, 3.05) is 18.2 Å². The van der Waals surface area contributed by atoms with Crippen LogP contribution in [0.5, 0.6) is 0 Å². The third-order valence-corrected chi connectivity index (χ3v) is 6.42. The molecular weight excluding hydrogens is 645 g/mol. The van der Waals surface area contributed by atoms with Crippen LogP contribution in [0.15, 0.2) is 64.3 Å². The van der Waals surface area contributed by atoms with Gasteiger partial charge < -0.3 is 37.7 Å². The van der Waals surface area contributed by atoms with E-state index < -0.39 is 46.5 Å². The number of ether oxygens (including phenoxy) is 1. The summed E-state index contributed by atoms with van der Waals surface area (Å²) in [6.07, 6.45) is 1.18. The number of nitrogens with two attached hydrogens (primary N) is 3. The molecule has 3 aromatic carbocycles. The second-order valence-electron chi connectivity index (χ2n) is 9.35. The zero-order chi connectivity index (χ0) is 33.7. The molecular formula is C28H25ClFN9O8. The summed E-state index contributed by atoms with van der Waals surface area (Å²) < 4.78 is 19.0. The fourth-order valence-corrected chi connectivity index (χ4v) is 4.01. The van der Waals surface area contributed by atoms with Gasteiger partial charge in [0.25, 0.3) is 16.8 Å². The molecule has 2 amide bonds. The number of methoxy groups -OCH3 is 1. The van der Waals surface area contributed by atoms with E-state index in [1.807, 2.05) is 0 Å². The lowest BCUT2D eigenvalue weighted by Gasteiger charge is -2.16. The van der Waals surface area contributed by atoms with Crippen molar-refractivity contribution in [3.05, 3.63) is 109 Å². The van der Waals surface area contributed by atoms with E-state index in [1.54, 1.807) is 0 Å². The fraction of sp³-hybridized carbons (Fsp3) is 0.107. The molecule has 2 aromatic heterocycles. The summed E-state index contributed by atoms with van der Waals surface area (Å²) in [7, 11) is 1.23. The standard InChI is InChI=1S/C17H14N6O6.C11H10FN3O2.ClH/c1-29-17(28)9-4-2-8(3-5-9)13(14(18)24)21-15(25)10-6-11(16(26)27)23-12(20-10)7-19-22-23;12-6-2-1-5(4-13)3-7(6)15-9-8(14)10(16)11(9)17;/h2-7,13H,1H3,(H2,18,24)(H,21,25)(H,26,27);1-3,15H,4,13-14H2;1H/t13-;;/m1../s1. The summed E-state index contributed by atoms with van der Waals surface area (Å²) in [6, 6.07) is 9.66. The van der Waals surface area contributed by atoms with Crippen LogP contribution in [-0.2, 0) is 16.1 Å². The topological polar surface area (TPSA) is 277 Å². The van der Waals surface area contributed by atoms with Gasteiger partial charge in [-0.2, -0.15) is 4.52 Å². The lowest BCUT2D eigenvalue weighted by molar-refractivity contribution is -0.120. The van der Waals surface area contributed by atoms with Crippen molar-refractivity contribution < 1.29 is 33.4 Å². The van der Waals surface area contributed by atoms with Crippen LogP contribution in [0.4, 0.5) is 21.5 Å². The number of benzene rings is 2. The molecule has 5 aromatic rings. The van der Waals surface area contributed by atoms with E-state index in [-0.39, 0.29) is 58.6 Å². The zero-order valence-corrected chi connectivity index (χ0v) is 24.9. The average molecular weight is 670 g/mol. The lowest BCUT2D eigenvalue weighted by atomic mass is 10.0. The summed E-state index contributed by atoms with van der Waals surface area (Å²) in [4.78, 5) is 73.4. The molecule has 0 fully saturated rings. The second-order valence-corrected chi connectivity index (χ2v) is 9.35. The number of carboxylic acids is 1. The number of amides is 2. The highest BCUT2D eigenvalue weighted by Gasteiger charge is 2.24. The van der Waals surface area contributed by atoms with Gasteiger partial charge in [-0.3, -0.25) is 19.2 Å². The summed E-state index contributed by atoms with van der Waals surface area (Å²) in [6.45, 7) is 0.246. The number of carbonyl (C=O) groups excluding carboxylic acids is 3. The van der Waals surface area contributed by atoms with E-state index in [0.717, 1.165) is 10.6 Å². The third-order valence-electron chi connectivity index (χ3n) is 6.42. The van der Waals surface area contributed by atoms with E-state index in [4.69, 9.17) is 17.2 Å². The van der Waals surface area contributed by atoms with Crippen LogP contribution in [0.1, 0.15) is 48.5 Å². The molecule has 1 atom stereocenters. The van der Waals surface area contributed by atoms with Crippen LogP contribution in [0.2, 0.25) is 0 Å². The summed E-state index contributed by atoms with van der Waals surface area (Å²) in [5.41, 5.74) is 15.2. The van der Waals surface area contributed by atoms with Gasteiger partial charge in [0.1, 0.15) is 28.9 Å². The number of rotatable bonds is 9. The first-order chi connectivity index (χ1) is 21.9. The predicted molar refractivity (Wildman–Crippen MR) is 166 cm³/mol. The Balaban J connectivity index is 0.000000284. The molecule has 0 aliphatic rings. The molecule has 0 bridgehead atoms. The smallest absolute Gasteiger partial charge is 0.354 e. The van der Waals surface area contributed by atoms with Crippen LogP contribution in [-0.4, -0.2) is 55.8 Å². The van der Waals surface area contributed by atoms with Gasteiger partial charge in [-0.25, -0.2) is 19.0 Å². The quantitative estimate of drug-likeness (QED) is 0.0903. The minimum atomic E-state index is -1.35.